The lowest BCUT2D eigenvalue weighted by Gasteiger charge is -2.09. The first-order valence-electron chi connectivity index (χ1n) is 20.2. The third-order valence-electron chi connectivity index (χ3n) is 10.6. The highest BCUT2D eigenvalue weighted by molar-refractivity contribution is 6.33. The quantitative estimate of drug-likeness (QED) is 0.0344. The number of para-hydroxylation sites is 2. The van der Waals surface area contributed by atoms with E-state index in [4.69, 9.17) is 21.3 Å². The fraction of sp³-hybridized carbons (Fsp3) is 0.0400. The number of rotatable bonds is 12. The summed E-state index contributed by atoms with van der Waals surface area (Å²) in [5.41, 5.74) is 9.43. The Hall–Kier alpha value is -8.95. The maximum atomic E-state index is 13.8. The molecule has 0 saturated heterocycles. The molecule has 8 aromatic carbocycles. The Morgan fingerprint density at radius 3 is 1.91 bits per heavy atom. The maximum absolute atomic E-state index is 13.8. The van der Waals surface area contributed by atoms with Crippen molar-refractivity contribution in [3.63, 3.8) is 0 Å². The summed E-state index contributed by atoms with van der Waals surface area (Å²) >= 11 is 6.11. The van der Waals surface area contributed by atoms with Gasteiger partial charge in [0.1, 0.15) is 29.5 Å². The molecular weight excluding hydrogens is 860 g/mol. The summed E-state index contributed by atoms with van der Waals surface area (Å²) in [6.07, 6.45) is 1.17. The number of phenols is 2. The molecule has 1 aliphatic rings. The SMILES string of the molecule is Cc1ccccc1NO/C=N/OCc1ccc2c(N=Nc3ccc4c(c3)C(=O)c3cc(N=Nc5c(O)ccc6cc(C(=O)NC(=O)Nc7ccccc7Cl)ccc56)ccc3-4)c(O)ccc2c1. The lowest BCUT2D eigenvalue weighted by Crippen LogP contribution is -2.34. The van der Waals surface area contributed by atoms with E-state index in [1.54, 1.807) is 84.9 Å². The van der Waals surface area contributed by atoms with Crippen LogP contribution in [0.5, 0.6) is 11.5 Å². The number of azo groups is 2. The number of nitrogens with zero attached hydrogens (tertiary/aromatic N) is 5. The van der Waals surface area contributed by atoms with Gasteiger partial charge in [-0.3, -0.25) is 14.9 Å². The van der Waals surface area contributed by atoms with E-state index in [0.29, 0.717) is 60.5 Å². The van der Waals surface area contributed by atoms with Crippen LogP contribution in [-0.4, -0.2) is 34.3 Å². The van der Waals surface area contributed by atoms with E-state index >= 15 is 0 Å². The number of hydrogen-bond acceptors (Lipinski definition) is 13. The molecule has 66 heavy (non-hydrogen) atoms. The molecule has 0 heterocycles. The molecule has 1 aliphatic carbocycles. The highest BCUT2D eigenvalue weighted by atomic mass is 35.5. The number of ketones is 1. The van der Waals surface area contributed by atoms with Crippen molar-refractivity contribution in [3.05, 3.63) is 178 Å². The molecule has 5 N–H and O–H groups in total. The second kappa shape index (κ2) is 18.4. The molecule has 0 atom stereocenters. The second-order valence-corrected chi connectivity index (χ2v) is 15.4. The predicted octanol–water partition coefficient (Wildman–Crippen LogP) is 12.9. The molecule has 8 aromatic rings. The van der Waals surface area contributed by atoms with Crippen molar-refractivity contribution in [3.8, 4) is 22.6 Å². The minimum atomic E-state index is -0.756. The van der Waals surface area contributed by atoms with Gasteiger partial charge in [-0.05, 0) is 113 Å². The third-order valence-corrected chi connectivity index (χ3v) is 11.0. The van der Waals surface area contributed by atoms with Crippen molar-refractivity contribution < 1.29 is 34.3 Å². The Morgan fingerprint density at radius 1 is 0.652 bits per heavy atom. The minimum absolute atomic E-state index is 0.0644. The van der Waals surface area contributed by atoms with E-state index in [2.05, 4.69) is 41.7 Å². The molecule has 0 spiro atoms. The Bertz CT molecular complexity index is 3360. The molecule has 16 heteroatoms. The molecular formula is C50H35ClN8O7. The number of hydrogen-bond donors (Lipinski definition) is 5. The Balaban J connectivity index is 0.859. The van der Waals surface area contributed by atoms with E-state index < -0.39 is 11.9 Å². The van der Waals surface area contributed by atoms with Crippen molar-refractivity contribution in [1.29, 1.82) is 0 Å². The van der Waals surface area contributed by atoms with Gasteiger partial charge in [-0.1, -0.05) is 89.6 Å². The number of aryl methyl sites for hydroxylation is 1. The molecule has 0 radical (unpaired) electrons. The monoisotopic (exact) mass is 894 g/mol. The Morgan fingerprint density at radius 2 is 1.26 bits per heavy atom. The number of oxime groups is 1. The Labute approximate surface area is 380 Å². The predicted molar refractivity (Wildman–Crippen MR) is 252 cm³/mol. The average Bonchev–Trinajstić information content (AvgIpc) is 3.60. The molecule has 9 rings (SSSR count). The summed E-state index contributed by atoms with van der Waals surface area (Å²) < 4.78 is 0. The van der Waals surface area contributed by atoms with Crippen molar-refractivity contribution in [2.45, 2.75) is 13.5 Å². The van der Waals surface area contributed by atoms with Crippen LogP contribution in [0.4, 0.5) is 38.9 Å². The number of carbonyl (C=O) groups is 3. The number of aromatic hydroxyl groups is 2. The van der Waals surface area contributed by atoms with Crippen molar-refractivity contribution in [2.24, 2.45) is 25.6 Å². The Kier molecular flexibility index (Phi) is 11.8. The van der Waals surface area contributed by atoms with Gasteiger partial charge < -0.3 is 25.2 Å². The second-order valence-electron chi connectivity index (χ2n) is 15.0. The number of carbonyl (C=O) groups excluding carboxylic acids is 3. The van der Waals surface area contributed by atoms with Crippen LogP contribution < -0.4 is 16.1 Å². The molecule has 0 unspecified atom stereocenters. The number of anilines is 2. The summed E-state index contributed by atoms with van der Waals surface area (Å²) in [7, 11) is 0. The molecule has 0 aliphatic heterocycles. The van der Waals surface area contributed by atoms with Crippen LogP contribution in [0.3, 0.4) is 0 Å². The first-order chi connectivity index (χ1) is 32.1. The normalized spacial score (nSPS) is 11.9. The summed E-state index contributed by atoms with van der Waals surface area (Å²) in [6, 6.07) is 40.4. The summed E-state index contributed by atoms with van der Waals surface area (Å²) in [6.45, 7) is 2.13. The van der Waals surface area contributed by atoms with Crippen molar-refractivity contribution >= 4 is 91.4 Å². The molecule has 0 bridgehead atoms. The largest absolute Gasteiger partial charge is 0.506 e. The van der Waals surface area contributed by atoms with Crippen LogP contribution in [0, 0.1) is 6.92 Å². The van der Waals surface area contributed by atoms with Crippen molar-refractivity contribution in [2.75, 3.05) is 10.8 Å². The number of phenolic OH excluding ortho intramolecular Hbond substituents is 2. The lowest BCUT2D eigenvalue weighted by atomic mass is 10.0. The van der Waals surface area contributed by atoms with Crippen LogP contribution in [0.25, 0.3) is 32.7 Å². The van der Waals surface area contributed by atoms with Gasteiger partial charge in [0, 0.05) is 27.5 Å². The first kappa shape index (κ1) is 42.4. The van der Waals surface area contributed by atoms with Crippen LogP contribution in [0.15, 0.2) is 171 Å². The molecule has 0 fully saturated rings. The fourth-order valence-electron chi connectivity index (χ4n) is 7.32. The highest BCUT2D eigenvalue weighted by Crippen LogP contribution is 2.42. The highest BCUT2D eigenvalue weighted by Gasteiger charge is 2.27. The molecule has 15 nitrogen and oxygen atoms in total. The molecule has 0 saturated carbocycles. The topological polar surface area (TPSA) is 208 Å². The van der Waals surface area contributed by atoms with Gasteiger partial charge >= 0.3 is 6.03 Å². The first-order valence-corrected chi connectivity index (χ1v) is 20.6. The fourth-order valence-corrected chi connectivity index (χ4v) is 7.50. The van der Waals surface area contributed by atoms with Crippen LogP contribution >= 0.6 is 11.6 Å². The zero-order valence-electron chi connectivity index (χ0n) is 34.7. The molecule has 3 amide bonds. The summed E-state index contributed by atoms with van der Waals surface area (Å²) in [5.74, 6) is -1.11. The van der Waals surface area contributed by atoms with E-state index in [9.17, 15) is 24.6 Å². The number of amides is 3. The van der Waals surface area contributed by atoms with Gasteiger partial charge in [0.15, 0.2) is 5.78 Å². The van der Waals surface area contributed by atoms with E-state index in [1.807, 2.05) is 49.4 Å². The minimum Gasteiger partial charge on any atom is -0.506 e. The van der Waals surface area contributed by atoms with Crippen molar-refractivity contribution in [1.82, 2.24) is 5.32 Å². The van der Waals surface area contributed by atoms with Crippen LogP contribution in [-0.2, 0) is 16.3 Å². The average molecular weight is 895 g/mol. The number of halogens is 1. The summed E-state index contributed by atoms with van der Waals surface area (Å²) in [5, 5.41) is 50.5. The third kappa shape index (κ3) is 8.95. The lowest BCUT2D eigenvalue weighted by molar-refractivity contribution is 0.0966. The van der Waals surface area contributed by atoms with Crippen LogP contribution in [0.1, 0.15) is 37.4 Å². The maximum Gasteiger partial charge on any atom is 0.326 e. The standard InChI is InChI=1S/C50H35ClN8O7/c1-28-6-2-4-8-42(28)59-66-27-52-65-26-29-10-16-35-30(22-29)12-20-44(60)46(35)57-55-33-14-18-37-38-19-15-34(25-40(38)48(62)39(37)24-33)56-58-47-36-17-11-32(23-31(36)13-21-45(47)61)49(63)54-50(64)53-43-9-5-3-7-41(43)51/h2-25,27,59-61H,26H2,1H3,(H2,53,54,63,64)/b52-27+,57-55?,58-56?. The number of imide groups is 1. The van der Waals surface area contributed by atoms with Gasteiger partial charge in [-0.15, -0.1) is 10.2 Å². The number of fused-ring (bicyclic) bond motifs is 5. The summed E-state index contributed by atoms with van der Waals surface area (Å²) in [4.78, 5) is 49.8. The van der Waals surface area contributed by atoms with Crippen LogP contribution in [0.2, 0.25) is 5.02 Å². The molecule has 0 aromatic heterocycles. The number of benzene rings is 8. The van der Waals surface area contributed by atoms with Gasteiger partial charge in [-0.2, -0.15) is 10.2 Å². The number of urea groups is 1. The zero-order chi connectivity index (χ0) is 45.7. The van der Waals surface area contributed by atoms with E-state index in [-0.39, 0.29) is 40.8 Å². The smallest absolute Gasteiger partial charge is 0.326 e. The van der Waals surface area contributed by atoms with Gasteiger partial charge in [0.25, 0.3) is 5.91 Å². The van der Waals surface area contributed by atoms with E-state index in [0.717, 1.165) is 22.2 Å². The van der Waals surface area contributed by atoms with Gasteiger partial charge in [0.05, 0.1) is 27.8 Å². The molecule has 324 valence electrons. The van der Waals surface area contributed by atoms with Gasteiger partial charge in [-0.25, -0.2) is 10.3 Å². The van der Waals surface area contributed by atoms with Gasteiger partial charge in [0.2, 0.25) is 6.40 Å². The zero-order valence-corrected chi connectivity index (χ0v) is 35.4. The number of nitrogens with one attached hydrogen (secondary N) is 3. The van der Waals surface area contributed by atoms with E-state index in [1.165, 1.54) is 24.6 Å².